The van der Waals surface area contributed by atoms with Crippen molar-refractivity contribution in [1.29, 1.82) is 0 Å². The maximum Gasteiger partial charge on any atom is 0.346 e. The molecule has 0 aromatic rings. The van der Waals surface area contributed by atoms with E-state index in [1.807, 2.05) is 13.8 Å². The van der Waals surface area contributed by atoms with Crippen LogP contribution in [0, 0.1) is 11.8 Å². The Kier molecular flexibility index (Phi) is 6.31. The number of carbonyl (C=O) groups is 2. The minimum absolute atomic E-state index is 0.0330. The number of allylic oxidation sites excluding steroid dienone is 1. The molecule has 0 bridgehead atoms. The van der Waals surface area contributed by atoms with Gasteiger partial charge in [-0.2, -0.15) is 0 Å². The zero-order valence-corrected chi connectivity index (χ0v) is 10.7. The highest BCUT2D eigenvalue weighted by Gasteiger charge is 2.25. The molecule has 0 rings (SSSR count). The summed E-state index contributed by atoms with van der Waals surface area (Å²) in [5, 5.41) is 17.7. The summed E-state index contributed by atoms with van der Waals surface area (Å²) in [5.41, 5.74) is -0.677. The van der Waals surface area contributed by atoms with Gasteiger partial charge in [0.05, 0.1) is 6.61 Å². The number of aliphatic carboxylic acids is 2. The molecule has 5 heteroatoms. The third kappa shape index (κ3) is 5.38. The first-order chi connectivity index (χ1) is 7.77. The summed E-state index contributed by atoms with van der Waals surface area (Å²) >= 11 is 0. The van der Waals surface area contributed by atoms with E-state index in [-0.39, 0.29) is 11.7 Å². The molecule has 0 spiro atoms. The molecule has 2 N–H and O–H groups in total. The van der Waals surface area contributed by atoms with Gasteiger partial charge in [-0.15, -0.1) is 0 Å². The van der Waals surface area contributed by atoms with Gasteiger partial charge < -0.3 is 14.9 Å². The number of hydrogen-bond acceptors (Lipinski definition) is 3. The molecule has 0 aromatic heterocycles. The number of carboxylic acid groups (broad SMARTS) is 2. The molecule has 0 amide bonds. The van der Waals surface area contributed by atoms with E-state index in [9.17, 15) is 9.59 Å². The lowest BCUT2D eigenvalue weighted by Crippen LogP contribution is -2.19. The van der Waals surface area contributed by atoms with Gasteiger partial charge in [-0.3, -0.25) is 0 Å². The van der Waals surface area contributed by atoms with Crippen LogP contribution >= 0.6 is 0 Å². The van der Waals surface area contributed by atoms with Crippen LogP contribution in [0.3, 0.4) is 0 Å². The molecule has 5 nitrogen and oxygen atoms in total. The summed E-state index contributed by atoms with van der Waals surface area (Å²) < 4.78 is 5.32. The van der Waals surface area contributed by atoms with Crippen molar-refractivity contribution in [3.8, 4) is 0 Å². The van der Waals surface area contributed by atoms with Gasteiger partial charge in [0.25, 0.3) is 0 Å². The van der Waals surface area contributed by atoms with Crippen LogP contribution in [0.15, 0.2) is 11.3 Å². The van der Waals surface area contributed by atoms with Crippen LogP contribution in [0.1, 0.15) is 34.1 Å². The predicted octanol–water partition coefficient (Wildman–Crippen LogP) is 2.13. The van der Waals surface area contributed by atoms with Gasteiger partial charge in [-0.05, 0) is 12.3 Å². The molecule has 0 fully saturated rings. The first kappa shape index (κ1) is 15.5. The highest BCUT2D eigenvalue weighted by atomic mass is 16.5. The summed E-state index contributed by atoms with van der Waals surface area (Å²) in [5.74, 6) is -2.76. The van der Waals surface area contributed by atoms with Gasteiger partial charge in [0.15, 0.2) is 5.57 Å². The zero-order chi connectivity index (χ0) is 13.6. The van der Waals surface area contributed by atoms with Gasteiger partial charge in [0.2, 0.25) is 0 Å². The number of hydrogen-bond donors (Lipinski definition) is 2. The van der Waals surface area contributed by atoms with E-state index in [2.05, 4.69) is 0 Å². The Balaban J connectivity index is 4.97. The molecule has 98 valence electrons. The second kappa shape index (κ2) is 6.93. The van der Waals surface area contributed by atoms with Gasteiger partial charge >= 0.3 is 11.9 Å². The van der Waals surface area contributed by atoms with Crippen molar-refractivity contribution < 1.29 is 24.5 Å². The summed E-state index contributed by atoms with van der Waals surface area (Å²) in [6, 6.07) is 0. The van der Waals surface area contributed by atoms with E-state index in [1.54, 1.807) is 13.8 Å². The lowest BCUT2D eigenvalue weighted by molar-refractivity contribution is -0.140. The van der Waals surface area contributed by atoms with E-state index in [0.29, 0.717) is 12.5 Å². The Morgan fingerprint density at radius 2 is 1.53 bits per heavy atom. The summed E-state index contributed by atoms with van der Waals surface area (Å²) in [6.07, 6.45) is 0.753. The van der Waals surface area contributed by atoms with E-state index in [1.165, 1.54) is 0 Å². The maximum absolute atomic E-state index is 10.9. The van der Waals surface area contributed by atoms with Gasteiger partial charge in [-0.1, -0.05) is 27.7 Å². The van der Waals surface area contributed by atoms with Crippen LogP contribution in [0.5, 0.6) is 0 Å². The summed E-state index contributed by atoms with van der Waals surface area (Å²) in [4.78, 5) is 21.7. The monoisotopic (exact) mass is 244 g/mol. The first-order valence-electron chi connectivity index (χ1n) is 5.60. The molecule has 0 saturated carbocycles. The van der Waals surface area contributed by atoms with Gasteiger partial charge in [0, 0.05) is 5.92 Å². The quantitative estimate of drug-likeness (QED) is 0.310. The van der Waals surface area contributed by atoms with Crippen molar-refractivity contribution in [1.82, 2.24) is 0 Å². The molecule has 0 aliphatic heterocycles. The molecule has 0 saturated heterocycles. The van der Waals surface area contributed by atoms with Crippen LogP contribution in [0.4, 0.5) is 0 Å². The summed E-state index contributed by atoms with van der Waals surface area (Å²) in [7, 11) is 0. The molecule has 17 heavy (non-hydrogen) atoms. The fraction of sp³-hybridized carbons (Fsp3) is 0.667. The minimum atomic E-state index is -1.47. The van der Waals surface area contributed by atoms with Gasteiger partial charge in [-0.25, -0.2) is 9.59 Å². The average Bonchev–Trinajstić information content (AvgIpc) is 2.13. The largest absolute Gasteiger partial charge is 0.496 e. The van der Waals surface area contributed by atoms with Crippen LogP contribution in [0.2, 0.25) is 0 Å². The fourth-order valence-corrected chi connectivity index (χ4v) is 1.23. The molecule has 0 aromatic carbocycles. The van der Waals surface area contributed by atoms with Crippen molar-refractivity contribution in [2.24, 2.45) is 11.8 Å². The molecular weight excluding hydrogens is 224 g/mol. The Morgan fingerprint density at radius 3 is 1.82 bits per heavy atom. The minimum Gasteiger partial charge on any atom is -0.496 e. The highest BCUT2D eigenvalue weighted by molar-refractivity contribution is 6.12. The van der Waals surface area contributed by atoms with Crippen LogP contribution < -0.4 is 0 Å². The topological polar surface area (TPSA) is 83.8 Å². The smallest absolute Gasteiger partial charge is 0.346 e. The van der Waals surface area contributed by atoms with E-state index in [0.717, 1.165) is 6.42 Å². The number of rotatable bonds is 7. The lowest BCUT2D eigenvalue weighted by Gasteiger charge is -2.16. The Morgan fingerprint density at radius 1 is 1.06 bits per heavy atom. The van der Waals surface area contributed by atoms with Gasteiger partial charge in [0.1, 0.15) is 5.76 Å². The predicted molar refractivity (Wildman–Crippen MR) is 62.5 cm³/mol. The third-order valence-corrected chi connectivity index (χ3v) is 2.15. The van der Waals surface area contributed by atoms with Crippen molar-refractivity contribution in [2.75, 3.05) is 6.61 Å². The van der Waals surface area contributed by atoms with E-state index >= 15 is 0 Å². The molecule has 0 aliphatic rings. The molecule has 0 aliphatic carbocycles. The van der Waals surface area contributed by atoms with Crippen molar-refractivity contribution in [3.05, 3.63) is 11.3 Å². The van der Waals surface area contributed by atoms with E-state index < -0.39 is 17.5 Å². The van der Waals surface area contributed by atoms with Crippen molar-refractivity contribution in [2.45, 2.75) is 34.1 Å². The van der Waals surface area contributed by atoms with Crippen LogP contribution in [-0.2, 0) is 14.3 Å². The molecule has 0 unspecified atom stereocenters. The lowest BCUT2D eigenvalue weighted by atomic mass is 10.1. The Labute approximate surface area is 101 Å². The first-order valence-corrected chi connectivity index (χ1v) is 5.60. The molecular formula is C12H20O5. The van der Waals surface area contributed by atoms with Crippen LogP contribution in [0.25, 0.3) is 0 Å². The molecule has 0 atom stereocenters. The Hall–Kier alpha value is -1.52. The highest BCUT2D eigenvalue weighted by Crippen LogP contribution is 2.18. The zero-order valence-electron chi connectivity index (χ0n) is 10.7. The summed E-state index contributed by atoms with van der Waals surface area (Å²) in [6.45, 7) is 7.76. The number of ether oxygens (including phenoxy) is 1. The fourth-order valence-electron chi connectivity index (χ4n) is 1.23. The van der Waals surface area contributed by atoms with Crippen molar-refractivity contribution in [3.63, 3.8) is 0 Å². The van der Waals surface area contributed by atoms with E-state index in [4.69, 9.17) is 14.9 Å². The Bertz CT molecular complexity index is 299. The SMILES string of the molecule is CC(C)CCOC(=C(C(=O)O)C(=O)O)C(C)C. The standard InChI is InChI=1S/C12H20O5/c1-7(2)5-6-17-10(8(3)4)9(11(13)14)12(15)16/h7-8H,5-6H2,1-4H3,(H,13,14)(H,15,16). The second-order valence-electron chi connectivity index (χ2n) is 4.54. The molecule has 0 heterocycles. The maximum atomic E-state index is 10.9. The van der Waals surface area contributed by atoms with Crippen molar-refractivity contribution >= 4 is 11.9 Å². The molecule has 0 radical (unpaired) electrons. The average molecular weight is 244 g/mol. The third-order valence-electron chi connectivity index (χ3n) is 2.15. The number of carboxylic acids is 2. The second-order valence-corrected chi connectivity index (χ2v) is 4.54. The normalized spacial score (nSPS) is 10.5. The van der Waals surface area contributed by atoms with Crippen LogP contribution in [-0.4, -0.2) is 28.8 Å².